The van der Waals surface area contributed by atoms with Crippen LogP contribution >= 0.6 is 0 Å². The predicted molar refractivity (Wildman–Crippen MR) is 67.1 cm³/mol. The van der Waals surface area contributed by atoms with Gasteiger partial charge in [-0.1, -0.05) is 12.1 Å². The van der Waals surface area contributed by atoms with Gasteiger partial charge in [0.1, 0.15) is 4.90 Å². The Morgan fingerprint density at radius 3 is 2.47 bits per heavy atom. The highest BCUT2D eigenvalue weighted by Gasteiger charge is 2.27. The van der Waals surface area contributed by atoms with Gasteiger partial charge in [0, 0.05) is 0 Å². The van der Waals surface area contributed by atoms with E-state index in [-0.39, 0.29) is 17.2 Å². The average Bonchev–Trinajstić information content (AvgIpc) is 2.15. The van der Waals surface area contributed by atoms with Crippen molar-refractivity contribution >= 4 is 15.7 Å². The molecule has 1 rings (SSSR count). The molecule has 0 bridgehead atoms. The van der Waals surface area contributed by atoms with Crippen molar-refractivity contribution in [3.05, 3.63) is 23.8 Å². The van der Waals surface area contributed by atoms with Gasteiger partial charge in [0.2, 0.25) is 10.0 Å². The van der Waals surface area contributed by atoms with Crippen LogP contribution in [0, 0.1) is 6.92 Å². The summed E-state index contributed by atoms with van der Waals surface area (Å²) in [5.41, 5.74) is 5.54. The molecule has 0 amide bonds. The first-order valence-corrected chi connectivity index (χ1v) is 6.68. The van der Waals surface area contributed by atoms with E-state index in [4.69, 9.17) is 10.8 Å². The minimum Gasteiger partial charge on any atom is -0.398 e. The molecule has 0 unspecified atom stereocenters. The first kappa shape index (κ1) is 14.0. The Morgan fingerprint density at radius 1 is 1.41 bits per heavy atom. The van der Waals surface area contributed by atoms with Gasteiger partial charge in [-0.05, 0) is 32.4 Å². The molecule has 0 atom stereocenters. The van der Waals surface area contributed by atoms with Crippen LogP contribution in [-0.4, -0.2) is 25.7 Å². The first-order valence-electron chi connectivity index (χ1n) is 5.19. The summed E-state index contributed by atoms with van der Waals surface area (Å²) < 4.78 is 26.7. The van der Waals surface area contributed by atoms with Crippen LogP contribution in [0.15, 0.2) is 23.1 Å². The van der Waals surface area contributed by atoms with E-state index in [1.165, 1.54) is 6.07 Å². The Hall–Kier alpha value is -1.11. The van der Waals surface area contributed by atoms with Crippen LogP contribution in [0.3, 0.4) is 0 Å². The molecule has 4 N–H and O–H groups in total. The van der Waals surface area contributed by atoms with Crippen molar-refractivity contribution in [1.29, 1.82) is 0 Å². The summed E-state index contributed by atoms with van der Waals surface area (Å²) in [6.45, 7) is 4.58. The normalized spacial score (nSPS) is 12.7. The van der Waals surface area contributed by atoms with E-state index in [9.17, 15) is 8.42 Å². The summed E-state index contributed by atoms with van der Waals surface area (Å²) in [7, 11) is -3.73. The zero-order chi connectivity index (χ0) is 13.3. The third-order valence-electron chi connectivity index (χ3n) is 2.32. The predicted octanol–water partition coefficient (Wildman–Crippen LogP) is 0.626. The molecular weight excluding hydrogens is 240 g/mol. The summed E-state index contributed by atoms with van der Waals surface area (Å²) in [4.78, 5) is 0.0709. The molecule has 0 saturated heterocycles. The van der Waals surface area contributed by atoms with Crippen molar-refractivity contribution in [2.45, 2.75) is 31.2 Å². The second-order valence-electron chi connectivity index (χ2n) is 4.64. The molecule has 0 spiro atoms. The number of nitrogens with two attached hydrogens (primary N) is 1. The average molecular weight is 258 g/mol. The minimum atomic E-state index is -3.73. The van der Waals surface area contributed by atoms with E-state index in [0.717, 1.165) is 0 Å². The van der Waals surface area contributed by atoms with Crippen LogP contribution in [0.25, 0.3) is 0 Å². The number of benzene rings is 1. The number of sulfonamides is 1. The summed E-state index contributed by atoms with van der Waals surface area (Å²) in [5, 5.41) is 9.08. The van der Waals surface area contributed by atoms with Gasteiger partial charge in [0.05, 0.1) is 17.8 Å². The summed E-state index contributed by atoms with van der Waals surface area (Å²) >= 11 is 0. The molecule has 17 heavy (non-hydrogen) atoms. The number of nitrogens with one attached hydrogen (secondary N) is 1. The Kier molecular flexibility index (Phi) is 3.81. The lowest BCUT2D eigenvalue weighted by Crippen LogP contribution is -2.46. The highest BCUT2D eigenvalue weighted by molar-refractivity contribution is 7.89. The summed E-state index contributed by atoms with van der Waals surface area (Å²) in [5.74, 6) is 0. The van der Waals surface area contributed by atoms with Crippen molar-refractivity contribution in [2.75, 3.05) is 12.3 Å². The van der Waals surface area contributed by atoms with Gasteiger partial charge in [-0.25, -0.2) is 13.1 Å². The second-order valence-corrected chi connectivity index (χ2v) is 6.26. The number of anilines is 1. The fourth-order valence-electron chi connectivity index (χ4n) is 1.49. The number of nitrogen functional groups attached to an aromatic ring is 1. The molecule has 0 radical (unpaired) electrons. The molecule has 5 nitrogen and oxygen atoms in total. The zero-order valence-corrected chi connectivity index (χ0v) is 11.0. The van der Waals surface area contributed by atoms with Crippen LogP contribution < -0.4 is 10.5 Å². The third-order valence-corrected chi connectivity index (χ3v) is 4.23. The highest BCUT2D eigenvalue weighted by atomic mass is 32.2. The smallest absolute Gasteiger partial charge is 0.243 e. The second kappa shape index (κ2) is 4.64. The van der Waals surface area contributed by atoms with Crippen molar-refractivity contribution in [2.24, 2.45) is 0 Å². The van der Waals surface area contributed by atoms with E-state index in [0.29, 0.717) is 5.56 Å². The van der Waals surface area contributed by atoms with Crippen LogP contribution in [-0.2, 0) is 10.0 Å². The number of aliphatic hydroxyl groups is 1. The molecule has 0 saturated carbocycles. The fourth-order valence-corrected chi connectivity index (χ4v) is 3.25. The Balaban J connectivity index is 3.24. The molecule has 6 heteroatoms. The molecule has 1 aromatic rings. The molecule has 0 aliphatic rings. The number of aryl methyl sites for hydroxylation is 1. The molecule has 0 fully saturated rings. The van der Waals surface area contributed by atoms with E-state index < -0.39 is 15.6 Å². The van der Waals surface area contributed by atoms with Crippen LogP contribution in [0.1, 0.15) is 19.4 Å². The van der Waals surface area contributed by atoms with Crippen molar-refractivity contribution < 1.29 is 13.5 Å². The lowest BCUT2D eigenvalue weighted by atomic mass is 10.1. The topological polar surface area (TPSA) is 92.4 Å². The standard InChI is InChI=1S/C11H18N2O3S/c1-8-5-4-6-9(12)10(8)17(15,16)13-11(2,3)7-14/h4-6,13-14H,7,12H2,1-3H3. The first-order chi connectivity index (χ1) is 7.69. The summed E-state index contributed by atoms with van der Waals surface area (Å²) in [6, 6.07) is 4.91. The molecule has 0 aromatic heterocycles. The van der Waals surface area contributed by atoms with Crippen LogP contribution in [0.5, 0.6) is 0 Å². The molecular formula is C11H18N2O3S. The maximum absolute atomic E-state index is 12.1. The van der Waals surface area contributed by atoms with Gasteiger partial charge in [-0.2, -0.15) is 0 Å². The molecule has 0 heterocycles. The zero-order valence-electron chi connectivity index (χ0n) is 10.2. The Bertz CT molecular complexity index is 489. The largest absolute Gasteiger partial charge is 0.398 e. The van der Waals surface area contributed by atoms with Gasteiger partial charge in [0.15, 0.2) is 0 Å². The third kappa shape index (κ3) is 3.18. The van der Waals surface area contributed by atoms with E-state index >= 15 is 0 Å². The van der Waals surface area contributed by atoms with E-state index in [1.807, 2.05) is 0 Å². The summed E-state index contributed by atoms with van der Waals surface area (Å²) in [6.07, 6.45) is 0. The number of aliphatic hydroxyl groups excluding tert-OH is 1. The Labute approximate surface area is 102 Å². The number of hydrogen-bond donors (Lipinski definition) is 3. The molecule has 96 valence electrons. The lowest BCUT2D eigenvalue weighted by Gasteiger charge is -2.24. The van der Waals surface area contributed by atoms with E-state index in [2.05, 4.69) is 4.72 Å². The Morgan fingerprint density at radius 2 is 2.00 bits per heavy atom. The van der Waals surface area contributed by atoms with Gasteiger partial charge < -0.3 is 10.8 Å². The molecule has 0 aliphatic carbocycles. The molecule has 0 aliphatic heterocycles. The van der Waals surface area contributed by atoms with Gasteiger partial charge in [-0.3, -0.25) is 0 Å². The van der Waals surface area contributed by atoms with E-state index in [1.54, 1.807) is 32.9 Å². The van der Waals surface area contributed by atoms with Gasteiger partial charge in [0.25, 0.3) is 0 Å². The quantitative estimate of drug-likeness (QED) is 0.690. The van der Waals surface area contributed by atoms with Crippen molar-refractivity contribution in [3.8, 4) is 0 Å². The monoisotopic (exact) mass is 258 g/mol. The van der Waals surface area contributed by atoms with Gasteiger partial charge >= 0.3 is 0 Å². The highest BCUT2D eigenvalue weighted by Crippen LogP contribution is 2.23. The fraction of sp³-hybridized carbons (Fsp3) is 0.455. The van der Waals surface area contributed by atoms with Crippen LogP contribution in [0.2, 0.25) is 0 Å². The van der Waals surface area contributed by atoms with Crippen LogP contribution in [0.4, 0.5) is 5.69 Å². The van der Waals surface area contributed by atoms with Crippen molar-refractivity contribution in [1.82, 2.24) is 4.72 Å². The number of hydrogen-bond acceptors (Lipinski definition) is 4. The maximum Gasteiger partial charge on any atom is 0.243 e. The minimum absolute atomic E-state index is 0.0709. The molecule has 1 aromatic carbocycles. The lowest BCUT2D eigenvalue weighted by molar-refractivity contribution is 0.208. The maximum atomic E-state index is 12.1. The number of rotatable bonds is 4. The SMILES string of the molecule is Cc1cccc(N)c1S(=O)(=O)NC(C)(C)CO. The van der Waals surface area contributed by atoms with Gasteiger partial charge in [-0.15, -0.1) is 0 Å². The van der Waals surface area contributed by atoms with Crippen molar-refractivity contribution in [3.63, 3.8) is 0 Å².